The van der Waals surface area contributed by atoms with Gasteiger partial charge in [0.15, 0.2) is 0 Å². The lowest BCUT2D eigenvalue weighted by atomic mass is 10.1. The second kappa shape index (κ2) is 7.49. The fourth-order valence-electron chi connectivity index (χ4n) is 2.91. The molecule has 0 aliphatic rings. The smallest absolute Gasteiger partial charge is 0.243 e. The van der Waals surface area contributed by atoms with Crippen molar-refractivity contribution in [2.24, 2.45) is 7.05 Å². The van der Waals surface area contributed by atoms with Gasteiger partial charge in [-0.15, -0.1) is 0 Å². The number of aromatic nitrogens is 2. The van der Waals surface area contributed by atoms with Crippen molar-refractivity contribution in [1.82, 2.24) is 20.0 Å². The Bertz CT molecular complexity index is 691. The standard InChI is InChI=1S/C18H27N5O/c1-13-15(17(21(2)3)23(6)20-13)12-19-16(18(24)22(4)5)14-10-8-7-9-11-14/h7-11,16,19H,12H2,1-6H3/t16-/m0/s1. The third-order valence-corrected chi connectivity index (χ3v) is 4.04. The average Bonchev–Trinajstić information content (AvgIpc) is 2.82. The van der Waals surface area contributed by atoms with E-state index < -0.39 is 0 Å². The van der Waals surface area contributed by atoms with E-state index in [1.807, 2.05) is 68.0 Å². The molecular formula is C18H27N5O. The molecular weight excluding hydrogens is 302 g/mol. The van der Waals surface area contributed by atoms with Gasteiger partial charge < -0.3 is 9.80 Å². The second-order valence-electron chi connectivity index (χ2n) is 6.36. The molecule has 130 valence electrons. The predicted molar refractivity (Wildman–Crippen MR) is 97.0 cm³/mol. The van der Waals surface area contributed by atoms with Gasteiger partial charge in [-0.25, -0.2) is 0 Å². The van der Waals surface area contributed by atoms with Crippen molar-refractivity contribution in [3.05, 3.63) is 47.2 Å². The largest absolute Gasteiger partial charge is 0.363 e. The van der Waals surface area contributed by atoms with Crippen molar-refractivity contribution < 1.29 is 4.79 Å². The summed E-state index contributed by atoms with van der Waals surface area (Å²) >= 11 is 0. The first-order chi connectivity index (χ1) is 11.3. The molecule has 2 rings (SSSR count). The fourth-order valence-corrected chi connectivity index (χ4v) is 2.91. The van der Waals surface area contributed by atoms with Crippen LogP contribution >= 0.6 is 0 Å². The number of aryl methyl sites for hydroxylation is 2. The van der Waals surface area contributed by atoms with E-state index in [2.05, 4.69) is 10.4 Å². The minimum atomic E-state index is -0.379. The molecule has 2 aromatic rings. The van der Waals surface area contributed by atoms with Crippen molar-refractivity contribution in [3.8, 4) is 0 Å². The number of hydrogen-bond donors (Lipinski definition) is 1. The van der Waals surface area contributed by atoms with Gasteiger partial charge in [0.1, 0.15) is 11.9 Å². The summed E-state index contributed by atoms with van der Waals surface area (Å²) in [6.45, 7) is 2.57. The highest BCUT2D eigenvalue weighted by Crippen LogP contribution is 2.23. The van der Waals surface area contributed by atoms with Crippen molar-refractivity contribution in [2.45, 2.75) is 19.5 Å². The summed E-state index contributed by atoms with van der Waals surface area (Å²) < 4.78 is 1.87. The van der Waals surface area contributed by atoms with Gasteiger partial charge in [0.25, 0.3) is 0 Å². The summed E-state index contributed by atoms with van der Waals surface area (Å²) in [6, 6.07) is 9.43. The molecule has 1 atom stereocenters. The van der Waals surface area contributed by atoms with Gasteiger partial charge in [0, 0.05) is 47.3 Å². The molecule has 6 heteroatoms. The predicted octanol–water partition coefficient (Wildman–Crippen LogP) is 1.71. The highest BCUT2D eigenvalue weighted by atomic mass is 16.2. The van der Waals surface area contributed by atoms with Crippen molar-refractivity contribution in [1.29, 1.82) is 0 Å². The van der Waals surface area contributed by atoms with Gasteiger partial charge in [0.2, 0.25) is 5.91 Å². The molecule has 24 heavy (non-hydrogen) atoms. The van der Waals surface area contributed by atoms with E-state index in [0.717, 1.165) is 22.6 Å². The number of benzene rings is 1. The number of carbonyl (C=O) groups is 1. The summed E-state index contributed by atoms with van der Waals surface area (Å²) in [6.07, 6.45) is 0. The Morgan fingerprint density at radius 3 is 2.38 bits per heavy atom. The van der Waals surface area contributed by atoms with Gasteiger partial charge in [-0.3, -0.25) is 14.8 Å². The molecule has 1 N–H and O–H groups in total. The van der Waals surface area contributed by atoms with Crippen molar-refractivity contribution >= 4 is 11.7 Å². The van der Waals surface area contributed by atoms with Crippen LogP contribution in [0.2, 0.25) is 0 Å². The highest BCUT2D eigenvalue weighted by Gasteiger charge is 2.23. The summed E-state index contributed by atoms with van der Waals surface area (Å²) in [4.78, 5) is 16.3. The Balaban J connectivity index is 2.28. The highest BCUT2D eigenvalue weighted by molar-refractivity contribution is 5.82. The van der Waals surface area contributed by atoms with Gasteiger partial charge in [-0.2, -0.15) is 5.10 Å². The van der Waals surface area contributed by atoms with E-state index in [1.54, 1.807) is 19.0 Å². The first kappa shape index (κ1) is 18.0. The third kappa shape index (κ3) is 3.76. The zero-order valence-corrected chi connectivity index (χ0v) is 15.4. The Morgan fingerprint density at radius 1 is 1.21 bits per heavy atom. The molecule has 0 saturated carbocycles. The number of nitrogens with zero attached hydrogens (tertiary/aromatic N) is 4. The molecule has 0 unspecified atom stereocenters. The maximum absolute atomic E-state index is 12.6. The molecule has 0 spiro atoms. The van der Waals surface area contributed by atoms with Gasteiger partial charge in [-0.05, 0) is 12.5 Å². The van der Waals surface area contributed by atoms with Crippen LogP contribution in [0.1, 0.15) is 22.9 Å². The van der Waals surface area contributed by atoms with Gasteiger partial charge in [0.05, 0.1) is 5.69 Å². The molecule has 1 aromatic carbocycles. The van der Waals surface area contributed by atoms with Crippen LogP contribution in [0.3, 0.4) is 0 Å². The van der Waals surface area contributed by atoms with E-state index in [9.17, 15) is 4.79 Å². The Kier molecular flexibility index (Phi) is 5.62. The molecule has 6 nitrogen and oxygen atoms in total. The fraction of sp³-hybridized carbons (Fsp3) is 0.444. The first-order valence-corrected chi connectivity index (χ1v) is 8.02. The lowest BCUT2D eigenvalue weighted by molar-refractivity contribution is -0.131. The van der Waals surface area contributed by atoms with Crippen LogP contribution in [0.15, 0.2) is 30.3 Å². The normalized spacial score (nSPS) is 12.1. The van der Waals surface area contributed by atoms with Gasteiger partial charge >= 0.3 is 0 Å². The minimum absolute atomic E-state index is 0.0362. The summed E-state index contributed by atoms with van der Waals surface area (Å²) in [5.41, 5.74) is 3.04. The summed E-state index contributed by atoms with van der Waals surface area (Å²) in [7, 11) is 9.49. The topological polar surface area (TPSA) is 53.4 Å². The maximum atomic E-state index is 12.6. The third-order valence-electron chi connectivity index (χ3n) is 4.04. The van der Waals surface area contributed by atoms with Crippen LogP contribution < -0.4 is 10.2 Å². The van der Waals surface area contributed by atoms with E-state index in [-0.39, 0.29) is 11.9 Å². The lowest BCUT2D eigenvalue weighted by Crippen LogP contribution is -2.36. The molecule has 0 aliphatic carbocycles. The number of nitrogens with one attached hydrogen (secondary N) is 1. The number of carbonyl (C=O) groups excluding carboxylic acids is 1. The van der Waals surface area contributed by atoms with Crippen LogP contribution in [-0.2, 0) is 18.4 Å². The van der Waals surface area contributed by atoms with Crippen molar-refractivity contribution in [3.63, 3.8) is 0 Å². The van der Waals surface area contributed by atoms with Crippen molar-refractivity contribution in [2.75, 3.05) is 33.1 Å². The number of rotatable bonds is 6. The summed E-state index contributed by atoms with van der Waals surface area (Å²) in [5.74, 6) is 1.08. The Labute approximate surface area is 144 Å². The van der Waals surface area contributed by atoms with E-state index in [4.69, 9.17) is 0 Å². The maximum Gasteiger partial charge on any atom is 0.243 e. The molecule has 1 aromatic heterocycles. The van der Waals surface area contributed by atoms with Crippen LogP contribution in [0.4, 0.5) is 5.82 Å². The number of amides is 1. The Morgan fingerprint density at radius 2 is 1.83 bits per heavy atom. The first-order valence-electron chi connectivity index (χ1n) is 8.02. The van der Waals surface area contributed by atoms with Crippen LogP contribution in [0.5, 0.6) is 0 Å². The Hall–Kier alpha value is -2.34. The molecule has 0 aliphatic heterocycles. The van der Waals surface area contributed by atoms with E-state index in [0.29, 0.717) is 6.54 Å². The molecule has 0 fully saturated rings. The quantitative estimate of drug-likeness (QED) is 0.877. The molecule has 1 amide bonds. The monoisotopic (exact) mass is 329 g/mol. The van der Waals surface area contributed by atoms with E-state index >= 15 is 0 Å². The SMILES string of the molecule is Cc1nn(C)c(N(C)C)c1CN[C@H](C(=O)N(C)C)c1ccccc1. The van der Waals surface area contributed by atoms with Gasteiger partial charge in [-0.1, -0.05) is 30.3 Å². The average molecular weight is 329 g/mol. The van der Waals surface area contributed by atoms with E-state index in [1.165, 1.54) is 0 Å². The summed E-state index contributed by atoms with van der Waals surface area (Å²) in [5, 5.41) is 7.91. The number of hydrogen-bond acceptors (Lipinski definition) is 4. The molecule has 0 radical (unpaired) electrons. The van der Waals surface area contributed by atoms with Crippen LogP contribution in [-0.4, -0.2) is 48.8 Å². The van der Waals surface area contributed by atoms with Crippen LogP contribution in [0.25, 0.3) is 0 Å². The lowest BCUT2D eigenvalue weighted by Gasteiger charge is -2.23. The zero-order valence-electron chi connectivity index (χ0n) is 15.4. The van der Waals surface area contributed by atoms with Crippen LogP contribution in [0, 0.1) is 6.92 Å². The molecule has 0 saturated heterocycles. The number of likely N-dealkylation sites (N-methyl/N-ethyl adjacent to an activating group) is 1. The minimum Gasteiger partial charge on any atom is -0.363 e. The zero-order chi connectivity index (χ0) is 17.9. The second-order valence-corrected chi connectivity index (χ2v) is 6.36. The molecule has 1 heterocycles. The molecule has 0 bridgehead atoms. The number of anilines is 1.